The van der Waals surface area contributed by atoms with Crippen molar-refractivity contribution in [3.05, 3.63) is 23.8 Å². The Hall–Kier alpha value is -1.22. The van der Waals surface area contributed by atoms with E-state index in [2.05, 4.69) is 11.0 Å². The minimum absolute atomic E-state index is 0.706. The molecule has 1 heterocycles. The Bertz CT molecular complexity index is 427. The molecular weight excluding hydrogens is 238 g/mol. The molecule has 19 heavy (non-hydrogen) atoms. The summed E-state index contributed by atoms with van der Waals surface area (Å²) >= 11 is 0. The Morgan fingerprint density at radius 2 is 2.11 bits per heavy atom. The van der Waals surface area contributed by atoms with Gasteiger partial charge in [0.05, 0.1) is 6.61 Å². The van der Waals surface area contributed by atoms with Gasteiger partial charge in [0.1, 0.15) is 18.2 Å². The number of nitrogens with zero attached hydrogens (tertiary/aromatic N) is 1. The van der Waals surface area contributed by atoms with Gasteiger partial charge in [-0.1, -0.05) is 19.3 Å². The zero-order chi connectivity index (χ0) is 13.1. The average molecular weight is 261 g/mol. The maximum absolute atomic E-state index is 5.89. The number of benzene rings is 1. The van der Waals surface area contributed by atoms with Crippen molar-refractivity contribution in [3.8, 4) is 11.5 Å². The van der Waals surface area contributed by atoms with E-state index in [1.807, 2.05) is 19.1 Å². The lowest BCUT2D eigenvalue weighted by atomic mass is 9.94. The first-order valence-corrected chi connectivity index (χ1v) is 7.49. The van der Waals surface area contributed by atoms with Gasteiger partial charge in [0.2, 0.25) is 0 Å². The molecule has 1 aromatic rings. The predicted octanol–water partition coefficient (Wildman–Crippen LogP) is 3.57. The summed E-state index contributed by atoms with van der Waals surface area (Å²) < 4.78 is 11.5. The van der Waals surface area contributed by atoms with Crippen LogP contribution in [0, 0.1) is 0 Å². The van der Waals surface area contributed by atoms with Gasteiger partial charge in [0.25, 0.3) is 0 Å². The highest BCUT2D eigenvalue weighted by Crippen LogP contribution is 2.32. The molecule has 2 aliphatic rings. The van der Waals surface area contributed by atoms with Gasteiger partial charge in [0, 0.05) is 18.2 Å². The molecule has 1 fully saturated rings. The van der Waals surface area contributed by atoms with Gasteiger partial charge in [-0.2, -0.15) is 0 Å². The summed E-state index contributed by atoms with van der Waals surface area (Å²) in [5, 5.41) is 0. The molecule has 3 nitrogen and oxygen atoms in total. The minimum atomic E-state index is 0.706. The van der Waals surface area contributed by atoms with Gasteiger partial charge >= 0.3 is 0 Å². The molecule has 0 bridgehead atoms. The van der Waals surface area contributed by atoms with Crippen molar-refractivity contribution in [1.82, 2.24) is 4.90 Å². The van der Waals surface area contributed by atoms with Crippen molar-refractivity contribution in [1.29, 1.82) is 0 Å². The Labute approximate surface area is 115 Å². The van der Waals surface area contributed by atoms with Gasteiger partial charge < -0.3 is 9.47 Å². The van der Waals surface area contributed by atoms with Gasteiger partial charge in [-0.3, -0.25) is 4.90 Å². The smallest absolute Gasteiger partial charge is 0.142 e. The third kappa shape index (κ3) is 2.86. The molecular formula is C16H23NO2. The zero-order valence-corrected chi connectivity index (χ0v) is 11.7. The van der Waals surface area contributed by atoms with Gasteiger partial charge in [-0.05, 0) is 38.0 Å². The Morgan fingerprint density at radius 3 is 2.89 bits per heavy atom. The van der Waals surface area contributed by atoms with E-state index in [9.17, 15) is 0 Å². The van der Waals surface area contributed by atoms with Crippen LogP contribution in [0.15, 0.2) is 18.2 Å². The third-order valence-corrected chi connectivity index (χ3v) is 4.19. The molecule has 0 saturated heterocycles. The van der Waals surface area contributed by atoms with Gasteiger partial charge in [-0.25, -0.2) is 0 Å². The number of fused-ring (bicyclic) bond motifs is 1. The van der Waals surface area contributed by atoms with Crippen molar-refractivity contribution in [2.45, 2.75) is 51.6 Å². The summed E-state index contributed by atoms with van der Waals surface area (Å²) in [5.41, 5.74) is 1.27. The molecule has 0 unspecified atom stereocenters. The van der Waals surface area contributed by atoms with Crippen LogP contribution in [0.25, 0.3) is 0 Å². The van der Waals surface area contributed by atoms with E-state index in [1.165, 1.54) is 37.7 Å². The van der Waals surface area contributed by atoms with E-state index in [1.54, 1.807) is 0 Å². The second kappa shape index (κ2) is 5.83. The van der Waals surface area contributed by atoms with Crippen LogP contribution in [-0.4, -0.2) is 24.3 Å². The quantitative estimate of drug-likeness (QED) is 0.830. The standard InChI is InChI=1S/C16H23NO2/c1-2-18-15-8-9-16-13(10-15)11-17(12-19-16)14-6-4-3-5-7-14/h8-10,14H,2-7,11-12H2,1H3. The molecule has 3 rings (SSSR count). The molecule has 0 N–H and O–H groups in total. The second-order valence-electron chi connectivity index (χ2n) is 5.51. The van der Waals surface area contributed by atoms with E-state index < -0.39 is 0 Å². The maximum atomic E-state index is 5.89. The van der Waals surface area contributed by atoms with Crippen LogP contribution >= 0.6 is 0 Å². The van der Waals surface area contributed by atoms with E-state index in [-0.39, 0.29) is 0 Å². The lowest BCUT2D eigenvalue weighted by Crippen LogP contribution is -2.41. The molecule has 104 valence electrons. The molecule has 0 atom stereocenters. The number of ether oxygens (including phenoxy) is 2. The molecule has 0 spiro atoms. The van der Waals surface area contributed by atoms with Crippen LogP contribution < -0.4 is 9.47 Å². The number of hydrogen-bond donors (Lipinski definition) is 0. The van der Waals surface area contributed by atoms with Crippen molar-refractivity contribution in [2.24, 2.45) is 0 Å². The van der Waals surface area contributed by atoms with Crippen molar-refractivity contribution in [2.75, 3.05) is 13.3 Å². The highest BCUT2D eigenvalue weighted by molar-refractivity contribution is 5.41. The minimum Gasteiger partial charge on any atom is -0.494 e. The topological polar surface area (TPSA) is 21.7 Å². The Kier molecular flexibility index (Phi) is 3.92. The third-order valence-electron chi connectivity index (χ3n) is 4.19. The Morgan fingerprint density at radius 1 is 1.26 bits per heavy atom. The molecule has 0 radical (unpaired) electrons. The summed E-state index contributed by atoms with van der Waals surface area (Å²) in [6.07, 6.45) is 6.78. The van der Waals surface area contributed by atoms with E-state index in [4.69, 9.17) is 9.47 Å². The summed E-state index contributed by atoms with van der Waals surface area (Å²) in [6, 6.07) is 6.88. The van der Waals surface area contributed by atoms with Crippen molar-refractivity contribution < 1.29 is 9.47 Å². The molecule has 1 aromatic carbocycles. The fourth-order valence-electron chi connectivity index (χ4n) is 3.17. The normalized spacial score (nSPS) is 20.7. The highest BCUT2D eigenvalue weighted by atomic mass is 16.5. The average Bonchev–Trinajstić information content (AvgIpc) is 2.48. The van der Waals surface area contributed by atoms with E-state index >= 15 is 0 Å². The van der Waals surface area contributed by atoms with Crippen LogP contribution in [0.3, 0.4) is 0 Å². The molecule has 1 aliphatic carbocycles. The summed E-state index contributed by atoms with van der Waals surface area (Å²) in [5.74, 6) is 1.98. The molecule has 3 heteroatoms. The van der Waals surface area contributed by atoms with Gasteiger partial charge in [-0.15, -0.1) is 0 Å². The van der Waals surface area contributed by atoms with E-state index in [0.717, 1.165) is 24.8 Å². The maximum Gasteiger partial charge on any atom is 0.142 e. The van der Waals surface area contributed by atoms with Crippen molar-refractivity contribution >= 4 is 0 Å². The van der Waals surface area contributed by atoms with Crippen LogP contribution in [0.2, 0.25) is 0 Å². The molecule has 0 amide bonds. The van der Waals surface area contributed by atoms with Crippen LogP contribution in [0.4, 0.5) is 0 Å². The SMILES string of the molecule is CCOc1ccc2c(c1)CN(C1CCCCC1)CO2. The lowest BCUT2D eigenvalue weighted by molar-refractivity contribution is 0.0401. The lowest BCUT2D eigenvalue weighted by Gasteiger charge is -2.37. The molecule has 1 aliphatic heterocycles. The first-order chi connectivity index (χ1) is 9.36. The largest absolute Gasteiger partial charge is 0.494 e. The second-order valence-corrected chi connectivity index (χ2v) is 5.51. The monoisotopic (exact) mass is 261 g/mol. The van der Waals surface area contributed by atoms with Crippen LogP contribution in [0.1, 0.15) is 44.6 Å². The summed E-state index contributed by atoms with van der Waals surface area (Å²) in [4.78, 5) is 2.48. The summed E-state index contributed by atoms with van der Waals surface area (Å²) in [6.45, 7) is 4.48. The Balaban J connectivity index is 1.72. The first-order valence-electron chi connectivity index (χ1n) is 7.49. The predicted molar refractivity (Wildman–Crippen MR) is 75.5 cm³/mol. The van der Waals surface area contributed by atoms with E-state index in [0.29, 0.717) is 12.6 Å². The van der Waals surface area contributed by atoms with Crippen LogP contribution in [-0.2, 0) is 6.54 Å². The van der Waals surface area contributed by atoms with Crippen molar-refractivity contribution in [3.63, 3.8) is 0 Å². The molecule has 0 aromatic heterocycles. The molecule has 1 saturated carbocycles. The highest BCUT2D eigenvalue weighted by Gasteiger charge is 2.25. The van der Waals surface area contributed by atoms with Crippen LogP contribution in [0.5, 0.6) is 11.5 Å². The fraction of sp³-hybridized carbons (Fsp3) is 0.625. The fourth-order valence-corrected chi connectivity index (χ4v) is 3.17. The number of rotatable bonds is 3. The zero-order valence-electron chi connectivity index (χ0n) is 11.7. The summed E-state index contributed by atoms with van der Waals surface area (Å²) in [7, 11) is 0. The van der Waals surface area contributed by atoms with Gasteiger partial charge in [0.15, 0.2) is 0 Å². The first kappa shape index (κ1) is 12.8. The number of hydrogen-bond acceptors (Lipinski definition) is 3.